The maximum atomic E-state index is 5.71. The first-order chi connectivity index (χ1) is 7.35. The highest BCUT2D eigenvalue weighted by Crippen LogP contribution is 2.08. The van der Waals surface area contributed by atoms with E-state index in [1.54, 1.807) is 0 Å². The van der Waals surface area contributed by atoms with Crippen LogP contribution in [0.1, 0.15) is 65.7 Å². The van der Waals surface area contributed by atoms with Crippen molar-refractivity contribution in [3.05, 3.63) is 0 Å². The van der Waals surface area contributed by atoms with Crippen LogP contribution in [-0.2, 0) is 9.47 Å². The highest BCUT2D eigenvalue weighted by molar-refractivity contribution is 4.47. The molecule has 2 heteroatoms. The molecule has 0 saturated heterocycles. The zero-order chi connectivity index (χ0) is 11.4. The summed E-state index contributed by atoms with van der Waals surface area (Å²) in [5.41, 5.74) is 0. The van der Waals surface area contributed by atoms with Crippen molar-refractivity contribution in [3.63, 3.8) is 0 Å². The van der Waals surface area contributed by atoms with Crippen molar-refractivity contribution in [1.29, 1.82) is 0 Å². The second-order valence-electron chi connectivity index (χ2n) is 4.02. The summed E-state index contributed by atoms with van der Waals surface area (Å²) < 4.78 is 11.4. The van der Waals surface area contributed by atoms with Crippen LogP contribution in [0.4, 0.5) is 0 Å². The third-order valence-corrected chi connectivity index (χ3v) is 2.40. The van der Waals surface area contributed by atoms with Crippen molar-refractivity contribution in [2.24, 2.45) is 0 Å². The van der Waals surface area contributed by atoms with E-state index in [0.717, 1.165) is 32.5 Å². The molecular formula is C13H28O2. The van der Waals surface area contributed by atoms with Crippen LogP contribution in [0.3, 0.4) is 0 Å². The van der Waals surface area contributed by atoms with Gasteiger partial charge in [-0.15, -0.1) is 0 Å². The van der Waals surface area contributed by atoms with Gasteiger partial charge >= 0.3 is 0 Å². The minimum atomic E-state index is 0.0445. The zero-order valence-electron chi connectivity index (χ0n) is 10.8. The van der Waals surface area contributed by atoms with Crippen molar-refractivity contribution >= 4 is 0 Å². The van der Waals surface area contributed by atoms with Crippen molar-refractivity contribution < 1.29 is 9.47 Å². The first-order valence-corrected chi connectivity index (χ1v) is 6.58. The SMILES string of the molecule is CCCCOC(CCCC)OCCCC. The first-order valence-electron chi connectivity index (χ1n) is 6.58. The summed E-state index contributed by atoms with van der Waals surface area (Å²) in [6.07, 6.45) is 8.16. The molecule has 0 aliphatic rings. The standard InChI is InChI=1S/C13H28O2/c1-4-7-10-13(14-11-8-5-2)15-12-9-6-3/h13H,4-12H2,1-3H3. The maximum Gasteiger partial charge on any atom is 0.157 e. The summed E-state index contributed by atoms with van der Waals surface area (Å²) in [5, 5.41) is 0. The molecule has 92 valence electrons. The first kappa shape index (κ1) is 14.9. The average molecular weight is 216 g/mol. The smallest absolute Gasteiger partial charge is 0.157 e. The lowest BCUT2D eigenvalue weighted by molar-refractivity contribution is -0.147. The van der Waals surface area contributed by atoms with E-state index >= 15 is 0 Å². The van der Waals surface area contributed by atoms with E-state index in [2.05, 4.69) is 20.8 Å². The van der Waals surface area contributed by atoms with Gasteiger partial charge in [0.2, 0.25) is 0 Å². The van der Waals surface area contributed by atoms with Gasteiger partial charge in [0.15, 0.2) is 6.29 Å². The summed E-state index contributed by atoms with van der Waals surface area (Å²) in [7, 11) is 0. The Hall–Kier alpha value is -0.0800. The lowest BCUT2D eigenvalue weighted by Crippen LogP contribution is -2.18. The van der Waals surface area contributed by atoms with E-state index in [4.69, 9.17) is 9.47 Å². The average Bonchev–Trinajstić information content (AvgIpc) is 2.25. The lowest BCUT2D eigenvalue weighted by Gasteiger charge is -2.18. The molecule has 0 saturated carbocycles. The fraction of sp³-hybridized carbons (Fsp3) is 1.00. The summed E-state index contributed by atoms with van der Waals surface area (Å²) in [5.74, 6) is 0. The Kier molecular flexibility index (Phi) is 11.9. The highest BCUT2D eigenvalue weighted by atomic mass is 16.7. The van der Waals surface area contributed by atoms with Crippen LogP contribution in [0.15, 0.2) is 0 Å². The molecule has 0 aromatic carbocycles. The minimum Gasteiger partial charge on any atom is -0.353 e. The van der Waals surface area contributed by atoms with Gasteiger partial charge in [-0.25, -0.2) is 0 Å². The predicted octanol–water partition coefficient (Wildman–Crippen LogP) is 4.14. The third-order valence-electron chi connectivity index (χ3n) is 2.40. The lowest BCUT2D eigenvalue weighted by atomic mass is 10.2. The van der Waals surface area contributed by atoms with Crippen molar-refractivity contribution in [2.75, 3.05) is 13.2 Å². The molecule has 0 aliphatic carbocycles. The molecule has 0 heterocycles. The van der Waals surface area contributed by atoms with Crippen molar-refractivity contribution in [1.82, 2.24) is 0 Å². The Balaban J connectivity index is 3.53. The molecule has 0 atom stereocenters. The molecule has 0 radical (unpaired) electrons. The second-order valence-corrected chi connectivity index (χ2v) is 4.02. The van der Waals surface area contributed by atoms with Gasteiger partial charge < -0.3 is 9.47 Å². The van der Waals surface area contributed by atoms with Gasteiger partial charge in [-0.05, 0) is 25.7 Å². The molecule has 0 aliphatic heterocycles. The van der Waals surface area contributed by atoms with Crippen molar-refractivity contribution in [3.8, 4) is 0 Å². The van der Waals surface area contributed by atoms with Crippen LogP contribution in [0, 0.1) is 0 Å². The molecule has 0 N–H and O–H groups in total. The zero-order valence-corrected chi connectivity index (χ0v) is 10.8. The topological polar surface area (TPSA) is 18.5 Å². The van der Waals surface area contributed by atoms with Crippen LogP contribution >= 0.6 is 0 Å². The summed E-state index contributed by atoms with van der Waals surface area (Å²) in [6, 6.07) is 0. The van der Waals surface area contributed by atoms with Gasteiger partial charge in [-0.2, -0.15) is 0 Å². The summed E-state index contributed by atoms with van der Waals surface area (Å²) >= 11 is 0. The van der Waals surface area contributed by atoms with Crippen LogP contribution in [0.2, 0.25) is 0 Å². The minimum absolute atomic E-state index is 0.0445. The number of hydrogen-bond acceptors (Lipinski definition) is 2. The Morgan fingerprint density at radius 3 is 1.60 bits per heavy atom. The fourth-order valence-corrected chi connectivity index (χ4v) is 1.30. The fourth-order valence-electron chi connectivity index (χ4n) is 1.30. The van der Waals surface area contributed by atoms with Gasteiger partial charge in [-0.3, -0.25) is 0 Å². The van der Waals surface area contributed by atoms with E-state index in [0.29, 0.717) is 0 Å². The molecule has 0 aromatic heterocycles. The molecule has 0 fully saturated rings. The Morgan fingerprint density at radius 2 is 1.20 bits per heavy atom. The summed E-state index contributed by atoms with van der Waals surface area (Å²) in [6.45, 7) is 8.26. The van der Waals surface area contributed by atoms with Gasteiger partial charge in [0.25, 0.3) is 0 Å². The summed E-state index contributed by atoms with van der Waals surface area (Å²) in [4.78, 5) is 0. The van der Waals surface area contributed by atoms with Gasteiger partial charge in [0.1, 0.15) is 0 Å². The predicted molar refractivity (Wildman–Crippen MR) is 65.0 cm³/mol. The van der Waals surface area contributed by atoms with Crippen LogP contribution in [-0.4, -0.2) is 19.5 Å². The van der Waals surface area contributed by atoms with Crippen LogP contribution in [0.25, 0.3) is 0 Å². The van der Waals surface area contributed by atoms with Crippen molar-refractivity contribution in [2.45, 2.75) is 72.0 Å². The molecule has 0 bridgehead atoms. The molecule has 0 amide bonds. The molecule has 0 aromatic rings. The molecule has 2 nitrogen and oxygen atoms in total. The molecule has 0 rings (SSSR count). The molecule has 0 unspecified atom stereocenters. The molecule has 15 heavy (non-hydrogen) atoms. The highest BCUT2D eigenvalue weighted by Gasteiger charge is 2.07. The van der Waals surface area contributed by atoms with Crippen LogP contribution in [0.5, 0.6) is 0 Å². The maximum absolute atomic E-state index is 5.71. The largest absolute Gasteiger partial charge is 0.353 e. The number of rotatable bonds is 11. The number of hydrogen-bond donors (Lipinski definition) is 0. The second kappa shape index (κ2) is 12.0. The van der Waals surface area contributed by atoms with E-state index in [1.165, 1.54) is 25.7 Å². The van der Waals surface area contributed by atoms with E-state index in [9.17, 15) is 0 Å². The van der Waals surface area contributed by atoms with E-state index in [1.807, 2.05) is 0 Å². The normalized spacial score (nSPS) is 11.2. The van der Waals surface area contributed by atoms with Gasteiger partial charge in [0.05, 0.1) is 0 Å². The Morgan fingerprint density at radius 1 is 0.733 bits per heavy atom. The Labute approximate surface area is 95.3 Å². The van der Waals surface area contributed by atoms with E-state index < -0.39 is 0 Å². The van der Waals surface area contributed by atoms with Gasteiger partial charge in [-0.1, -0.05) is 40.0 Å². The number of unbranched alkanes of at least 4 members (excludes halogenated alkanes) is 3. The molecular weight excluding hydrogens is 188 g/mol. The van der Waals surface area contributed by atoms with Gasteiger partial charge in [0, 0.05) is 13.2 Å². The third kappa shape index (κ3) is 10.2. The number of ether oxygens (including phenoxy) is 2. The quantitative estimate of drug-likeness (QED) is 0.382. The van der Waals surface area contributed by atoms with Crippen LogP contribution < -0.4 is 0 Å². The van der Waals surface area contributed by atoms with E-state index in [-0.39, 0.29) is 6.29 Å². The Bertz CT molecular complexity index is 105. The monoisotopic (exact) mass is 216 g/mol. The molecule has 0 spiro atoms.